The standard InChI is InChI=1S/C16H14O.C16H18O.C16H16/c1-11-10-15-13(12-6-3-2-4-7-12)8-5-9-14(15)16(11)17;1-11-10-13-8-5-9-14(15(13)16(11)17)12-6-3-2-4-7-12;1-12-10-14-8-5-9-15(16(14)11-12)13-6-3-2-4-7-13/h2-9,11H,10H2,1H3;2-4,6-7,9,11,16-17H,5,8,10H2,1H3;2-9,12H,10-11H2,1H3. The monoisotopic (exact) mass is 656 g/mol. The second-order valence-corrected chi connectivity index (χ2v) is 14.7. The summed E-state index contributed by atoms with van der Waals surface area (Å²) in [6, 6.07) is 44.2. The van der Waals surface area contributed by atoms with E-state index in [0.29, 0.717) is 5.92 Å². The minimum atomic E-state index is -0.267. The zero-order chi connectivity index (χ0) is 34.6. The van der Waals surface area contributed by atoms with Gasteiger partial charge in [0, 0.05) is 11.5 Å². The molecule has 0 aromatic heterocycles. The molecular formula is C48H48O2. The van der Waals surface area contributed by atoms with Crippen LogP contribution in [0.2, 0.25) is 0 Å². The minimum absolute atomic E-state index is 0.134. The second-order valence-electron chi connectivity index (χ2n) is 14.7. The summed E-state index contributed by atoms with van der Waals surface area (Å²) in [6.45, 7) is 6.50. The first-order valence-corrected chi connectivity index (χ1v) is 18.4. The summed E-state index contributed by atoms with van der Waals surface area (Å²) in [7, 11) is 0. The van der Waals surface area contributed by atoms with Crippen molar-refractivity contribution in [3.05, 3.63) is 172 Å². The van der Waals surface area contributed by atoms with E-state index in [2.05, 4.69) is 111 Å². The summed E-state index contributed by atoms with van der Waals surface area (Å²) >= 11 is 0. The number of rotatable bonds is 3. The summed E-state index contributed by atoms with van der Waals surface area (Å²) in [5.41, 5.74) is 15.7. The molecule has 2 nitrogen and oxygen atoms in total. The Hall–Kier alpha value is -4.79. The Morgan fingerprint density at radius 1 is 0.560 bits per heavy atom. The highest BCUT2D eigenvalue weighted by molar-refractivity contribution is 6.03. The van der Waals surface area contributed by atoms with Gasteiger partial charge in [-0.2, -0.15) is 0 Å². The number of Topliss-reactive ketones (excluding diaryl/α,β-unsaturated/α-hetero) is 1. The number of hydrogen-bond donors (Lipinski definition) is 1. The molecule has 9 rings (SSSR count). The van der Waals surface area contributed by atoms with Crippen molar-refractivity contribution in [3.63, 3.8) is 0 Å². The largest absolute Gasteiger partial charge is 0.388 e. The number of allylic oxidation sites excluding steroid dienone is 2. The first-order valence-electron chi connectivity index (χ1n) is 18.4. The van der Waals surface area contributed by atoms with Gasteiger partial charge in [0.25, 0.3) is 0 Å². The van der Waals surface area contributed by atoms with Crippen LogP contribution < -0.4 is 0 Å². The van der Waals surface area contributed by atoms with E-state index in [1.165, 1.54) is 62.9 Å². The summed E-state index contributed by atoms with van der Waals surface area (Å²) < 4.78 is 0. The third-order valence-corrected chi connectivity index (χ3v) is 10.9. The lowest BCUT2D eigenvalue weighted by atomic mass is 9.87. The van der Waals surface area contributed by atoms with Crippen molar-refractivity contribution < 1.29 is 9.90 Å². The van der Waals surface area contributed by atoms with Crippen molar-refractivity contribution in [2.75, 3.05) is 0 Å². The summed E-state index contributed by atoms with van der Waals surface area (Å²) in [5.74, 6) is 1.61. The van der Waals surface area contributed by atoms with Crippen molar-refractivity contribution in [1.82, 2.24) is 0 Å². The van der Waals surface area contributed by atoms with Crippen molar-refractivity contribution >= 4 is 11.4 Å². The summed E-state index contributed by atoms with van der Waals surface area (Å²) in [6.07, 6.45) is 8.69. The normalized spacial score (nSPS) is 21.6. The number of ketones is 1. The molecule has 0 aliphatic heterocycles. The Morgan fingerprint density at radius 3 is 1.76 bits per heavy atom. The molecule has 4 aliphatic carbocycles. The van der Waals surface area contributed by atoms with Gasteiger partial charge in [0.2, 0.25) is 0 Å². The van der Waals surface area contributed by atoms with E-state index in [9.17, 15) is 9.90 Å². The number of benzene rings is 5. The van der Waals surface area contributed by atoms with Gasteiger partial charge >= 0.3 is 0 Å². The second kappa shape index (κ2) is 15.0. The third-order valence-electron chi connectivity index (χ3n) is 10.9. The van der Waals surface area contributed by atoms with E-state index >= 15 is 0 Å². The molecule has 1 N–H and O–H groups in total. The van der Waals surface area contributed by atoms with E-state index < -0.39 is 0 Å². The molecule has 50 heavy (non-hydrogen) atoms. The molecule has 4 aliphatic rings. The molecule has 252 valence electrons. The Balaban J connectivity index is 0.000000118. The van der Waals surface area contributed by atoms with Crippen LogP contribution >= 0.6 is 0 Å². The Bertz CT molecular complexity index is 2020. The van der Waals surface area contributed by atoms with Crippen LogP contribution in [0.15, 0.2) is 145 Å². The highest BCUT2D eigenvalue weighted by Crippen LogP contribution is 2.44. The number of aliphatic hydroxyl groups excluding tert-OH is 1. The highest BCUT2D eigenvalue weighted by Gasteiger charge is 2.34. The quantitative estimate of drug-likeness (QED) is 0.210. The van der Waals surface area contributed by atoms with Gasteiger partial charge in [-0.25, -0.2) is 0 Å². The lowest BCUT2D eigenvalue weighted by molar-refractivity contribution is 0.0946. The highest BCUT2D eigenvalue weighted by atomic mass is 16.3. The molecule has 0 bridgehead atoms. The van der Waals surface area contributed by atoms with Gasteiger partial charge in [-0.05, 0) is 106 Å². The number of fused-ring (bicyclic) bond motifs is 2. The van der Waals surface area contributed by atoms with Crippen molar-refractivity contribution in [1.29, 1.82) is 0 Å². The van der Waals surface area contributed by atoms with Gasteiger partial charge in [-0.3, -0.25) is 4.79 Å². The molecule has 4 unspecified atom stereocenters. The molecule has 0 saturated carbocycles. The van der Waals surface area contributed by atoms with Crippen LogP contribution in [0.4, 0.5) is 0 Å². The van der Waals surface area contributed by atoms with Crippen LogP contribution in [0.5, 0.6) is 0 Å². The number of hydrogen-bond acceptors (Lipinski definition) is 2. The van der Waals surface area contributed by atoms with Gasteiger partial charge in [-0.15, -0.1) is 0 Å². The first kappa shape index (κ1) is 33.7. The van der Waals surface area contributed by atoms with Crippen molar-refractivity contribution in [3.8, 4) is 22.3 Å². The molecular weight excluding hydrogens is 609 g/mol. The lowest BCUT2D eigenvalue weighted by Crippen LogP contribution is -2.15. The topological polar surface area (TPSA) is 37.3 Å². The smallest absolute Gasteiger partial charge is 0.166 e. The Morgan fingerprint density at radius 2 is 1.12 bits per heavy atom. The Kier molecular flexibility index (Phi) is 10.1. The molecule has 0 radical (unpaired) electrons. The SMILES string of the molecule is CC1CC2=C(C(c3ccccc3)=CCC2)C1O.CC1Cc2c(cccc2-c2ccccc2)C1=O.CC1Cc2cccc(-c3ccccc3)c2C1. The minimum Gasteiger partial charge on any atom is -0.388 e. The lowest BCUT2D eigenvalue weighted by Gasteiger charge is -2.20. The molecule has 5 aromatic carbocycles. The fourth-order valence-electron chi connectivity index (χ4n) is 8.42. The maximum absolute atomic E-state index is 12.0. The fraction of sp³-hybridized carbons (Fsp3) is 0.271. The molecule has 4 atom stereocenters. The van der Waals surface area contributed by atoms with E-state index in [0.717, 1.165) is 37.2 Å². The van der Waals surface area contributed by atoms with Gasteiger partial charge in [0.05, 0.1) is 6.10 Å². The van der Waals surface area contributed by atoms with Gasteiger partial charge in [0.15, 0.2) is 5.78 Å². The predicted octanol–water partition coefficient (Wildman–Crippen LogP) is 11.4. The predicted molar refractivity (Wildman–Crippen MR) is 208 cm³/mol. The zero-order valence-electron chi connectivity index (χ0n) is 29.6. The van der Waals surface area contributed by atoms with Gasteiger partial charge in [-0.1, -0.05) is 160 Å². The number of aliphatic hydroxyl groups is 1. The molecule has 0 amide bonds. The summed E-state index contributed by atoms with van der Waals surface area (Å²) in [5, 5.41) is 10.3. The maximum atomic E-state index is 12.0. The average molecular weight is 657 g/mol. The third kappa shape index (κ3) is 6.96. The number of carbonyl (C=O) groups is 1. The molecule has 5 aromatic rings. The summed E-state index contributed by atoms with van der Waals surface area (Å²) in [4.78, 5) is 12.0. The van der Waals surface area contributed by atoms with Crippen LogP contribution in [-0.2, 0) is 19.3 Å². The number of carbonyl (C=O) groups excluding carboxylic acids is 1. The first-order chi connectivity index (χ1) is 24.4. The molecule has 0 spiro atoms. The zero-order valence-corrected chi connectivity index (χ0v) is 29.6. The Labute approximate surface area is 298 Å². The van der Waals surface area contributed by atoms with E-state index in [-0.39, 0.29) is 17.8 Å². The van der Waals surface area contributed by atoms with Gasteiger partial charge < -0.3 is 5.11 Å². The average Bonchev–Trinajstić information content (AvgIpc) is 3.80. The van der Waals surface area contributed by atoms with Crippen molar-refractivity contribution in [2.45, 2.75) is 65.4 Å². The van der Waals surface area contributed by atoms with Crippen LogP contribution in [0.1, 0.15) is 72.6 Å². The molecule has 0 fully saturated rings. The van der Waals surface area contributed by atoms with Crippen LogP contribution in [0.3, 0.4) is 0 Å². The van der Waals surface area contributed by atoms with Crippen LogP contribution in [-0.4, -0.2) is 17.0 Å². The van der Waals surface area contributed by atoms with Gasteiger partial charge in [0.1, 0.15) is 0 Å². The molecule has 0 saturated heterocycles. The van der Waals surface area contributed by atoms with Crippen LogP contribution in [0.25, 0.3) is 27.8 Å². The van der Waals surface area contributed by atoms with E-state index in [1.54, 1.807) is 11.1 Å². The van der Waals surface area contributed by atoms with E-state index in [4.69, 9.17) is 0 Å². The fourth-order valence-corrected chi connectivity index (χ4v) is 8.42. The van der Waals surface area contributed by atoms with Crippen LogP contribution in [0, 0.1) is 17.8 Å². The maximum Gasteiger partial charge on any atom is 0.166 e. The van der Waals surface area contributed by atoms with Crippen molar-refractivity contribution in [2.24, 2.45) is 17.8 Å². The molecule has 2 heteroatoms. The van der Waals surface area contributed by atoms with E-state index in [1.807, 2.05) is 43.3 Å². The molecule has 0 heterocycles.